The molecule has 0 bridgehead atoms. The van der Waals surface area contributed by atoms with E-state index in [0.29, 0.717) is 13.1 Å². The summed E-state index contributed by atoms with van der Waals surface area (Å²) in [7, 11) is 0. The molecule has 7 nitrogen and oxygen atoms in total. The Morgan fingerprint density at radius 1 is 1.65 bits per heavy atom. The molecule has 92 valence electrons. The molecule has 1 atom stereocenters. The summed E-state index contributed by atoms with van der Waals surface area (Å²) in [5, 5.41) is 13.7. The molecular weight excluding hydrogens is 226 g/mol. The summed E-state index contributed by atoms with van der Waals surface area (Å²) in [4.78, 5) is 23.4. The van der Waals surface area contributed by atoms with Crippen molar-refractivity contribution >= 4 is 11.8 Å². The third-order valence-electron chi connectivity index (χ3n) is 2.64. The molecule has 1 amide bonds. The molecule has 17 heavy (non-hydrogen) atoms. The van der Waals surface area contributed by atoms with Crippen LogP contribution in [0.4, 0.5) is 5.88 Å². The van der Waals surface area contributed by atoms with Crippen LogP contribution in [0.25, 0.3) is 0 Å². The molecule has 0 spiro atoms. The van der Waals surface area contributed by atoms with Crippen LogP contribution in [0.15, 0.2) is 16.5 Å². The van der Waals surface area contributed by atoms with Crippen LogP contribution in [0.2, 0.25) is 0 Å². The molecule has 1 saturated heterocycles. The number of carbonyl (C=O) groups excluding carboxylic acids is 1. The highest BCUT2D eigenvalue weighted by atomic mass is 16.6. The van der Waals surface area contributed by atoms with Crippen LogP contribution in [-0.2, 0) is 0 Å². The molecule has 1 N–H and O–H groups in total. The van der Waals surface area contributed by atoms with Gasteiger partial charge in [-0.05, 0) is 13.0 Å². The predicted octanol–water partition coefficient (Wildman–Crippen LogP) is 0.622. The maximum atomic E-state index is 12.0. The van der Waals surface area contributed by atoms with Gasteiger partial charge in [-0.2, -0.15) is 0 Å². The van der Waals surface area contributed by atoms with Gasteiger partial charge in [-0.1, -0.05) is 0 Å². The number of nitro groups is 1. The molecule has 1 aliphatic rings. The predicted molar refractivity (Wildman–Crippen MR) is 58.7 cm³/mol. The van der Waals surface area contributed by atoms with Crippen molar-refractivity contribution in [2.24, 2.45) is 0 Å². The van der Waals surface area contributed by atoms with Crippen LogP contribution < -0.4 is 5.32 Å². The fraction of sp³-hybridized carbons (Fsp3) is 0.500. The molecule has 1 aromatic rings. The average Bonchev–Trinajstić information content (AvgIpc) is 2.77. The highest BCUT2D eigenvalue weighted by molar-refractivity contribution is 5.91. The largest absolute Gasteiger partial charge is 0.433 e. The van der Waals surface area contributed by atoms with Crippen LogP contribution >= 0.6 is 0 Å². The average molecular weight is 239 g/mol. The first-order chi connectivity index (χ1) is 8.08. The minimum absolute atomic E-state index is 0.0193. The van der Waals surface area contributed by atoms with Crippen molar-refractivity contribution in [3.63, 3.8) is 0 Å². The van der Waals surface area contributed by atoms with Crippen LogP contribution in [0.3, 0.4) is 0 Å². The molecule has 1 fully saturated rings. The monoisotopic (exact) mass is 239 g/mol. The number of furan rings is 1. The molecule has 0 aromatic carbocycles. The van der Waals surface area contributed by atoms with Crippen molar-refractivity contribution < 1.29 is 14.1 Å². The Balaban J connectivity index is 2.10. The second-order valence-electron chi connectivity index (χ2n) is 4.00. The number of nitrogens with one attached hydrogen (secondary N) is 1. The Hall–Kier alpha value is -1.89. The second-order valence-corrected chi connectivity index (χ2v) is 4.00. The lowest BCUT2D eigenvalue weighted by Crippen LogP contribution is -2.51. The van der Waals surface area contributed by atoms with Gasteiger partial charge in [0, 0.05) is 25.7 Å². The second kappa shape index (κ2) is 4.54. The molecule has 1 aromatic heterocycles. The number of hydrogen-bond acceptors (Lipinski definition) is 5. The number of hydrogen-bond donors (Lipinski definition) is 1. The molecule has 2 rings (SSSR count). The van der Waals surface area contributed by atoms with E-state index in [9.17, 15) is 14.9 Å². The molecule has 0 aliphatic carbocycles. The Morgan fingerprint density at radius 2 is 2.41 bits per heavy atom. The normalized spacial score (nSPS) is 20.3. The van der Waals surface area contributed by atoms with Gasteiger partial charge >= 0.3 is 5.88 Å². The number of piperazine rings is 1. The van der Waals surface area contributed by atoms with E-state index in [0.717, 1.165) is 6.54 Å². The number of carbonyl (C=O) groups is 1. The summed E-state index contributed by atoms with van der Waals surface area (Å²) >= 11 is 0. The van der Waals surface area contributed by atoms with E-state index in [1.807, 2.05) is 6.92 Å². The summed E-state index contributed by atoms with van der Waals surface area (Å²) in [5.74, 6) is -0.686. The quantitative estimate of drug-likeness (QED) is 0.603. The molecule has 2 heterocycles. The SMILES string of the molecule is C[C@@H]1CN(C(=O)c2ccc([N+](=O)[O-])o2)CCN1. The van der Waals surface area contributed by atoms with Gasteiger partial charge in [0.05, 0.1) is 6.07 Å². The molecule has 7 heteroatoms. The first-order valence-corrected chi connectivity index (χ1v) is 5.35. The Bertz CT molecular complexity index is 443. The fourth-order valence-electron chi connectivity index (χ4n) is 1.81. The van der Waals surface area contributed by atoms with Crippen molar-refractivity contribution in [3.8, 4) is 0 Å². The topological polar surface area (TPSA) is 88.6 Å². The molecule has 1 aliphatic heterocycles. The van der Waals surface area contributed by atoms with Crippen molar-refractivity contribution in [1.29, 1.82) is 0 Å². The Labute approximate surface area is 97.5 Å². The molecule has 0 unspecified atom stereocenters. The minimum Gasteiger partial charge on any atom is -0.395 e. The van der Waals surface area contributed by atoms with E-state index in [2.05, 4.69) is 5.32 Å². The summed E-state index contributed by atoms with van der Waals surface area (Å²) in [6, 6.07) is 2.75. The van der Waals surface area contributed by atoms with Crippen molar-refractivity contribution in [1.82, 2.24) is 10.2 Å². The summed E-state index contributed by atoms with van der Waals surface area (Å²) in [5.41, 5.74) is 0. The van der Waals surface area contributed by atoms with E-state index in [1.165, 1.54) is 12.1 Å². The first-order valence-electron chi connectivity index (χ1n) is 5.35. The van der Waals surface area contributed by atoms with Crippen molar-refractivity contribution in [2.45, 2.75) is 13.0 Å². The third-order valence-corrected chi connectivity index (χ3v) is 2.64. The first kappa shape index (κ1) is 11.6. The lowest BCUT2D eigenvalue weighted by molar-refractivity contribution is -0.402. The summed E-state index contributed by atoms with van der Waals surface area (Å²) in [6.07, 6.45) is 0. The van der Waals surface area contributed by atoms with E-state index in [4.69, 9.17) is 4.42 Å². The molecule has 0 radical (unpaired) electrons. The van der Waals surface area contributed by atoms with Gasteiger partial charge in [-0.3, -0.25) is 14.9 Å². The van der Waals surface area contributed by atoms with Crippen LogP contribution in [0.5, 0.6) is 0 Å². The highest BCUT2D eigenvalue weighted by Crippen LogP contribution is 2.17. The van der Waals surface area contributed by atoms with Crippen LogP contribution in [0.1, 0.15) is 17.5 Å². The Kier molecular flexibility index (Phi) is 3.10. The Morgan fingerprint density at radius 3 is 3.00 bits per heavy atom. The highest BCUT2D eigenvalue weighted by Gasteiger charge is 2.25. The summed E-state index contributed by atoms with van der Waals surface area (Å²) < 4.78 is 4.88. The molecular formula is C10H13N3O4. The fourth-order valence-corrected chi connectivity index (χ4v) is 1.81. The van der Waals surface area contributed by atoms with Gasteiger partial charge < -0.3 is 14.6 Å². The maximum Gasteiger partial charge on any atom is 0.433 e. The number of amides is 1. The smallest absolute Gasteiger partial charge is 0.395 e. The number of nitrogens with zero attached hydrogens (tertiary/aromatic N) is 2. The summed E-state index contributed by atoms with van der Waals surface area (Å²) in [6.45, 7) is 3.85. The van der Waals surface area contributed by atoms with Gasteiger partial charge in [-0.25, -0.2) is 0 Å². The van der Waals surface area contributed by atoms with Gasteiger partial charge in [0.2, 0.25) is 0 Å². The zero-order valence-corrected chi connectivity index (χ0v) is 9.38. The zero-order valence-electron chi connectivity index (χ0n) is 9.38. The van der Waals surface area contributed by atoms with E-state index in [-0.39, 0.29) is 17.7 Å². The van der Waals surface area contributed by atoms with E-state index in [1.54, 1.807) is 4.90 Å². The van der Waals surface area contributed by atoms with Gasteiger partial charge in [0.15, 0.2) is 5.76 Å². The lowest BCUT2D eigenvalue weighted by Gasteiger charge is -2.31. The van der Waals surface area contributed by atoms with Gasteiger partial charge in [0.1, 0.15) is 4.92 Å². The van der Waals surface area contributed by atoms with Crippen molar-refractivity contribution in [3.05, 3.63) is 28.0 Å². The lowest BCUT2D eigenvalue weighted by atomic mass is 10.2. The van der Waals surface area contributed by atoms with Crippen LogP contribution in [0, 0.1) is 10.1 Å². The molecule has 0 saturated carbocycles. The zero-order chi connectivity index (χ0) is 12.4. The minimum atomic E-state index is -0.656. The maximum absolute atomic E-state index is 12.0. The van der Waals surface area contributed by atoms with E-state index < -0.39 is 10.8 Å². The van der Waals surface area contributed by atoms with Crippen LogP contribution in [-0.4, -0.2) is 41.4 Å². The van der Waals surface area contributed by atoms with Gasteiger partial charge in [0.25, 0.3) is 5.91 Å². The third kappa shape index (κ3) is 2.44. The van der Waals surface area contributed by atoms with Crippen molar-refractivity contribution in [2.75, 3.05) is 19.6 Å². The van der Waals surface area contributed by atoms with E-state index >= 15 is 0 Å². The number of rotatable bonds is 2. The van der Waals surface area contributed by atoms with Gasteiger partial charge in [-0.15, -0.1) is 0 Å². The standard InChI is InChI=1S/C10H13N3O4/c1-7-6-12(5-4-11-7)10(14)8-2-3-9(17-8)13(15)16/h2-3,7,11H,4-6H2,1H3/t7-/m1/s1.